The Hall–Kier alpha value is -0.410. The average molecular weight is 254 g/mol. The molecule has 0 amide bonds. The third-order valence-electron chi connectivity index (χ3n) is 2.98. The monoisotopic (exact) mass is 254 g/mol. The molecule has 0 aromatic carbocycles. The highest BCUT2D eigenvalue weighted by Gasteiger charge is 2.29. The summed E-state index contributed by atoms with van der Waals surface area (Å²) in [7, 11) is 0. The van der Waals surface area contributed by atoms with E-state index in [1.807, 2.05) is 0 Å². The Kier molecular flexibility index (Phi) is 5.60. The standard InChI is InChI=1S/C14H26N2S/c1-6-7-8-9-14(5,16-11(2)3)13-15-12(4)10-17-13/h10-11,16H,6-9H2,1-5H3. The number of hydrogen-bond donors (Lipinski definition) is 1. The number of nitrogens with zero attached hydrogens (tertiary/aromatic N) is 1. The minimum Gasteiger partial charge on any atom is -0.303 e. The molecule has 3 heteroatoms. The summed E-state index contributed by atoms with van der Waals surface area (Å²) >= 11 is 1.78. The zero-order valence-electron chi connectivity index (χ0n) is 11.8. The smallest absolute Gasteiger partial charge is 0.113 e. The summed E-state index contributed by atoms with van der Waals surface area (Å²) in [5, 5.41) is 7.08. The van der Waals surface area contributed by atoms with E-state index in [4.69, 9.17) is 0 Å². The Labute approximate surface area is 110 Å². The van der Waals surface area contributed by atoms with E-state index in [-0.39, 0.29) is 5.54 Å². The molecular weight excluding hydrogens is 228 g/mol. The summed E-state index contributed by atoms with van der Waals surface area (Å²) in [4.78, 5) is 4.67. The molecule has 0 saturated carbocycles. The Balaban J connectivity index is 2.77. The Bertz CT molecular complexity index is 333. The quantitative estimate of drug-likeness (QED) is 0.736. The maximum atomic E-state index is 4.67. The minimum absolute atomic E-state index is 0.0439. The molecule has 0 aliphatic rings. The molecule has 1 atom stereocenters. The minimum atomic E-state index is 0.0439. The van der Waals surface area contributed by atoms with E-state index >= 15 is 0 Å². The van der Waals surface area contributed by atoms with E-state index in [0.29, 0.717) is 6.04 Å². The molecule has 0 aliphatic carbocycles. The molecule has 0 saturated heterocycles. The highest BCUT2D eigenvalue weighted by molar-refractivity contribution is 7.09. The van der Waals surface area contributed by atoms with Gasteiger partial charge < -0.3 is 5.32 Å². The number of thiazole rings is 1. The van der Waals surface area contributed by atoms with Crippen molar-refractivity contribution in [3.63, 3.8) is 0 Å². The first-order chi connectivity index (χ1) is 7.98. The molecule has 1 N–H and O–H groups in total. The van der Waals surface area contributed by atoms with Gasteiger partial charge in [0.2, 0.25) is 0 Å². The van der Waals surface area contributed by atoms with Gasteiger partial charge >= 0.3 is 0 Å². The predicted octanol–water partition coefficient (Wildman–Crippen LogP) is 4.25. The van der Waals surface area contributed by atoms with E-state index in [1.165, 1.54) is 30.7 Å². The van der Waals surface area contributed by atoms with Crippen LogP contribution < -0.4 is 5.32 Å². The lowest BCUT2D eigenvalue weighted by Crippen LogP contribution is -2.43. The Morgan fingerprint density at radius 2 is 2.12 bits per heavy atom. The topological polar surface area (TPSA) is 24.9 Å². The van der Waals surface area contributed by atoms with E-state index in [9.17, 15) is 0 Å². The van der Waals surface area contributed by atoms with Crippen LogP contribution in [0.3, 0.4) is 0 Å². The third kappa shape index (κ3) is 4.40. The van der Waals surface area contributed by atoms with Crippen LogP contribution in [0, 0.1) is 6.92 Å². The van der Waals surface area contributed by atoms with Gasteiger partial charge in [0.25, 0.3) is 0 Å². The summed E-state index contributed by atoms with van der Waals surface area (Å²) in [5.74, 6) is 0. The molecule has 0 aliphatic heterocycles. The fourth-order valence-corrected chi connectivity index (χ4v) is 3.17. The van der Waals surface area contributed by atoms with Crippen LogP contribution >= 0.6 is 11.3 Å². The number of rotatable bonds is 7. The molecule has 1 aromatic rings. The summed E-state index contributed by atoms with van der Waals surface area (Å²) < 4.78 is 0. The van der Waals surface area contributed by atoms with Crippen LogP contribution in [0.25, 0.3) is 0 Å². The van der Waals surface area contributed by atoms with Crippen LogP contribution in [0.1, 0.15) is 64.1 Å². The van der Waals surface area contributed by atoms with E-state index in [2.05, 4.69) is 50.3 Å². The van der Waals surface area contributed by atoms with Crippen LogP contribution in [0.2, 0.25) is 0 Å². The number of aryl methyl sites for hydroxylation is 1. The molecule has 2 nitrogen and oxygen atoms in total. The number of unbranched alkanes of at least 4 members (excludes halogenated alkanes) is 2. The maximum Gasteiger partial charge on any atom is 0.113 e. The fraction of sp³-hybridized carbons (Fsp3) is 0.786. The summed E-state index contributed by atoms with van der Waals surface area (Å²) in [6.45, 7) is 11.0. The van der Waals surface area contributed by atoms with Crippen molar-refractivity contribution in [1.29, 1.82) is 0 Å². The summed E-state index contributed by atoms with van der Waals surface area (Å²) in [5.41, 5.74) is 1.18. The lowest BCUT2D eigenvalue weighted by molar-refractivity contribution is 0.300. The van der Waals surface area contributed by atoms with E-state index in [0.717, 1.165) is 5.69 Å². The van der Waals surface area contributed by atoms with Gasteiger partial charge in [-0.2, -0.15) is 0 Å². The van der Waals surface area contributed by atoms with Gasteiger partial charge in [0.05, 0.1) is 5.54 Å². The lowest BCUT2D eigenvalue weighted by Gasteiger charge is -2.31. The second-order valence-electron chi connectivity index (χ2n) is 5.38. The largest absolute Gasteiger partial charge is 0.303 e. The first kappa shape index (κ1) is 14.7. The molecule has 17 heavy (non-hydrogen) atoms. The Morgan fingerprint density at radius 3 is 2.59 bits per heavy atom. The van der Waals surface area contributed by atoms with Gasteiger partial charge in [-0.25, -0.2) is 4.98 Å². The third-order valence-corrected chi connectivity index (χ3v) is 4.20. The molecule has 0 bridgehead atoms. The van der Waals surface area contributed by atoms with Crippen molar-refractivity contribution >= 4 is 11.3 Å². The zero-order valence-corrected chi connectivity index (χ0v) is 12.7. The summed E-state index contributed by atoms with van der Waals surface area (Å²) in [6, 6.07) is 0.492. The normalized spacial score (nSPS) is 15.2. The van der Waals surface area contributed by atoms with Gasteiger partial charge in [-0.15, -0.1) is 11.3 Å². The van der Waals surface area contributed by atoms with Crippen molar-refractivity contribution in [3.05, 3.63) is 16.1 Å². The zero-order chi connectivity index (χ0) is 12.9. The molecule has 0 spiro atoms. The van der Waals surface area contributed by atoms with Gasteiger partial charge in [-0.1, -0.05) is 26.2 Å². The molecular formula is C14H26N2S. The summed E-state index contributed by atoms with van der Waals surface area (Å²) in [6.07, 6.45) is 5.02. The van der Waals surface area contributed by atoms with Crippen LogP contribution in [0.4, 0.5) is 0 Å². The number of hydrogen-bond acceptors (Lipinski definition) is 3. The first-order valence-corrected chi connectivity index (χ1v) is 7.56. The van der Waals surface area contributed by atoms with Crippen molar-refractivity contribution in [2.24, 2.45) is 0 Å². The van der Waals surface area contributed by atoms with Crippen LogP contribution in [0.15, 0.2) is 5.38 Å². The Morgan fingerprint density at radius 1 is 1.41 bits per heavy atom. The van der Waals surface area contributed by atoms with Crippen molar-refractivity contribution < 1.29 is 0 Å². The van der Waals surface area contributed by atoms with Gasteiger partial charge in [-0.05, 0) is 34.1 Å². The molecule has 98 valence electrons. The molecule has 1 unspecified atom stereocenters. The van der Waals surface area contributed by atoms with Gasteiger partial charge in [-0.3, -0.25) is 0 Å². The lowest BCUT2D eigenvalue weighted by atomic mass is 9.94. The van der Waals surface area contributed by atoms with Gasteiger partial charge in [0.1, 0.15) is 5.01 Å². The van der Waals surface area contributed by atoms with Crippen LogP contribution in [-0.2, 0) is 5.54 Å². The van der Waals surface area contributed by atoms with E-state index in [1.54, 1.807) is 11.3 Å². The average Bonchev–Trinajstić information content (AvgIpc) is 2.65. The van der Waals surface area contributed by atoms with Crippen LogP contribution in [-0.4, -0.2) is 11.0 Å². The second kappa shape index (κ2) is 6.50. The van der Waals surface area contributed by atoms with Gasteiger partial charge in [0, 0.05) is 17.1 Å². The van der Waals surface area contributed by atoms with Crippen molar-refractivity contribution in [1.82, 2.24) is 10.3 Å². The molecule has 0 fully saturated rings. The first-order valence-electron chi connectivity index (χ1n) is 6.68. The molecule has 1 heterocycles. The van der Waals surface area contributed by atoms with Crippen LogP contribution in [0.5, 0.6) is 0 Å². The highest BCUT2D eigenvalue weighted by atomic mass is 32.1. The van der Waals surface area contributed by atoms with Gasteiger partial charge in [0.15, 0.2) is 0 Å². The molecule has 1 aromatic heterocycles. The van der Waals surface area contributed by atoms with Crippen molar-refractivity contribution in [2.75, 3.05) is 0 Å². The molecule has 1 rings (SSSR count). The SMILES string of the molecule is CCCCCC(C)(NC(C)C)c1nc(C)cs1. The predicted molar refractivity (Wildman–Crippen MR) is 76.6 cm³/mol. The van der Waals surface area contributed by atoms with Crippen molar-refractivity contribution in [3.8, 4) is 0 Å². The highest BCUT2D eigenvalue weighted by Crippen LogP contribution is 2.30. The van der Waals surface area contributed by atoms with E-state index < -0.39 is 0 Å². The number of nitrogens with one attached hydrogen (secondary N) is 1. The number of aromatic nitrogens is 1. The second-order valence-corrected chi connectivity index (χ2v) is 6.24. The maximum absolute atomic E-state index is 4.67. The fourth-order valence-electron chi connectivity index (χ4n) is 2.21. The van der Waals surface area contributed by atoms with Crippen molar-refractivity contribution in [2.45, 2.75) is 71.9 Å². The molecule has 0 radical (unpaired) electrons.